The largest absolute Gasteiger partial charge is 0.273 e. The van der Waals surface area contributed by atoms with Gasteiger partial charge in [0.25, 0.3) is 11.8 Å². The molecule has 71 heavy (non-hydrogen) atoms. The second-order valence-electron chi connectivity index (χ2n) is 19.9. The van der Waals surface area contributed by atoms with Crippen LogP contribution in [0.4, 0.5) is 0 Å². The Bertz CT molecular complexity index is 3170. The number of fused-ring (bicyclic) bond motifs is 5. The molecule has 368 valence electrons. The molecule has 10 rings (SSSR count). The number of amides is 2. The number of benzene rings is 3. The number of hydrogen-bond acceptors (Lipinski definition) is 8. The maximum Gasteiger partial charge on any atom is 0.271 e. The highest BCUT2D eigenvalue weighted by molar-refractivity contribution is 7.33. The zero-order valence-corrected chi connectivity index (χ0v) is 47.2. The monoisotopic (exact) mass is 1050 g/mol. The summed E-state index contributed by atoms with van der Waals surface area (Å²) in [4.78, 5) is 41.7. The molecule has 0 saturated heterocycles. The van der Waals surface area contributed by atoms with Crippen LogP contribution < -0.4 is 0 Å². The summed E-state index contributed by atoms with van der Waals surface area (Å²) in [7, 11) is 0. The third-order valence-corrected chi connectivity index (χ3v) is 22.4. The minimum absolute atomic E-state index is 0.117. The number of unbranched alkanes of at least 4 members (excludes halogenated alkanes) is 3. The molecular weight excluding hydrogens is 983 g/mol. The van der Waals surface area contributed by atoms with Crippen molar-refractivity contribution in [3.8, 4) is 51.5 Å². The molecule has 0 fully saturated rings. The van der Waals surface area contributed by atoms with Gasteiger partial charge in [0, 0.05) is 77.4 Å². The minimum Gasteiger partial charge on any atom is -0.273 e. The van der Waals surface area contributed by atoms with Crippen LogP contribution in [0.5, 0.6) is 0 Å². The Labute approximate surface area is 445 Å². The molecule has 1 aliphatic heterocycles. The molecule has 3 unspecified atom stereocenters. The van der Waals surface area contributed by atoms with Crippen LogP contribution in [0.15, 0.2) is 97.1 Å². The molecule has 7 heterocycles. The summed E-state index contributed by atoms with van der Waals surface area (Å²) < 4.78 is 3.73. The lowest BCUT2D eigenvalue weighted by atomic mass is 9.95. The van der Waals surface area contributed by atoms with E-state index in [2.05, 4.69) is 139 Å². The van der Waals surface area contributed by atoms with Crippen LogP contribution >= 0.6 is 68.0 Å². The number of hydrogen-bond donors (Lipinski definition) is 0. The lowest BCUT2D eigenvalue weighted by Crippen LogP contribution is -2.34. The second kappa shape index (κ2) is 22.5. The van der Waals surface area contributed by atoms with Crippen LogP contribution in [0.25, 0.3) is 81.8 Å². The smallest absolute Gasteiger partial charge is 0.271 e. The molecule has 0 radical (unpaired) electrons. The quantitative estimate of drug-likeness (QED) is 0.0599. The number of thiophene rings is 6. The molecule has 3 atom stereocenters. The third-order valence-electron chi connectivity index (χ3n) is 15.1. The van der Waals surface area contributed by atoms with Crippen LogP contribution in [0.2, 0.25) is 0 Å². The number of carbonyl (C=O) groups excluding carboxylic acids is 2. The van der Waals surface area contributed by atoms with Crippen molar-refractivity contribution >= 4 is 110 Å². The first-order valence-corrected chi connectivity index (χ1v) is 31.4. The van der Waals surface area contributed by atoms with Crippen molar-refractivity contribution in [2.75, 3.05) is 6.54 Å². The summed E-state index contributed by atoms with van der Waals surface area (Å²) in [6.45, 7) is 14.2. The van der Waals surface area contributed by atoms with Crippen LogP contribution in [0.3, 0.4) is 0 Å². The van der Waals surface area contributed by atoms with Gasteiger partial charge in [-0.3, -0.25) is 14.5 Å². The number of rotatable bonds is 23. The Hall–Kier alpha value is -4.22. The van der Waals surface area contributed by atoms with E-state index in [1.165, 1.54) is 117 Å². The third kappa shape index (κ3) is 9.98. The molecule has 9 heteroatoms. The Morgan fingerprint density at radius 2 is 0.944 bits per heavy atom. The molecule has 0 aliphatic carbocycles. The molecule has 0 spiro atoms. The standard InChI is InChI=1S/C62H67NO2S6/c1-7-13-22-38(10-4)33-43-29-31-47(66-43)51-45-35-49(41-25-18-16-19-26-41)68-56(45)52(48-32-30-44(67-48)34-39(11-5)23-14-8-2)46-36-50(69-57(46)51)58-59-53(55(70-58)42-27-20-17-21-28-42)54-60(71-59)62(65)63(61(54)64)37-40(12-6)24-15-9-3/h16-21,25-32,35-36,38-40H,7-15,22-24,33-34,37H2,1-6H3. The first-order chi connectivity index (χ1) is 34.8. The van der Waals surface area contributed by atoms with Crippen molar-refractivity contribution in [1.29, 1.82) is 0 Å². The van der Waals surface area contributed by atoms with Gasteiger partial charge in [-0.1, -0.05) is 173 Å². The Morgan fingerprint density at radius 1 is 0.437 bits per heavy atom. The number of imide groups is 1. The summed E-state index contributed by atoms with van der Waals surface area (Å²) in [5, 5.41) is 3.59. The Kier molecular flexibility index (Phi) is 15.9. The van der Waals surface area contributed by atoms with E-state index < -0.39 is 0 Å². The molecule has 0 saturated carbocycles. The van der Waals surface area contributed by atoms with Crippen molar-refractivity contribution in [2.24, 2.45) is 17.8 Å². The molecule has 3 aromatic carbocycles. The van der Waals surface area contributed by atoms with Gasteiger partial charge < -0.3 is 0 Å². The highest BCUT2D eigenvalue weighted by Crippen LogP contribution is 2.58. The molecule has 1 aliphatic rings. The first-order valence-electron chi connectivity index (χ1n) is 26.5. The van der Waals surface area contributed by atoms with Gasteiger partial charge in [0.05, 0.1) is 15.1 Å². The summed E-state index contributed by atoms with van der Waals surface area (Å²) >= 11 is 11.2. The van der Waals surface area contributed by atoms with E-state index in [0.29, 0.717) is 34.7 Å². The van der Waals surface area contributed by atoms with Gasteiger partial charge in [-0.05, 0) is 84.5 Å². The predicted molar refractivity (Wildman–Crippen MR) is 316 cm³/mol. The molecule has 0 bridgehead atoms. The van der Waals surface area contributed by atoms with Crippen molar-refractivity contribution in [3.63, 3.8) is 0 Å². The van der Waals surface area contributed by atoms with E-state index in [1.54, 1.807) is 27.6 Å². The fourth-order valence-electron chi connectivity index (χ4n) is 10.8. The highest BCUT2D eigenvalue weighted by Gasteiger charge is 2.42. The van der Waals surface area contributed by atoms with Gasteiger partial charge >= 0.3 is 0 Å². The normalized spacial score (nSPS) is 14.2. The predicted octanol–water partition coefficient (Wildman–Crippen LogP) is 21.2. The lowest BCUT2D eigenvalue weighted by Gasteiger charge is -2.21. The van der Waals surface area contributed by atoms with Crippen LogP contribution in [-0.2, 0) is 12.8 Å². The highest BCUT2D eigenvalue weighted by atomic mass is 32.1. The molecule has 2 amide bonds. The molecule has 9 aromatic rings. The molecule has 3 nitrogen and oxygen atoms in total. The van der Waals surface area contributed by atoms with Crippen LogP contribution in [0, 0.1) is 17.8 Å². The SMILES string of the molecule is CCCCC(CC)Cc1ccc(-c2c3cc(-c4sc(-c5ccccc5)c5c6c(sc45)C(=O)N(CC(CC)CCCC)C6=O)sc3c(-c3ccc(CC(CC)CCCC)s3)c3cc(-c4ccccc4)sc23)s1. The van der Waals surface area contributed by atoms with Crippen LogP contribution in [0.1, 0.15) is 148 Å². The zero-order valence-electron chi connectivity index (χ0n) is 42.3. The molecule has 6 aromatic heterocycles. The van der Waals surface area contributed by atoms with E-state index >= 15 is 0 Å². The lowest BCUT2D eigenvalue weighted by molar-refractivity contribution is 0.0626. The fraction of sp³-hybridized carbons (Fsp3) is 0.387. The Balaban J connectivity index is 1.19. The number of carbonyl (C=O) groups is 2. The topological polar surface area (TPSA) is 37.4 Å². The second-order valence-corrected chi connectivity index (χ2v) is 26.4. The van der Waals surface area contributed by atoms with Crippen molar-refractivity contribution in [3.05, 3.63) is 117 Å². The van der Waals surface area contributed by atoms with Gasteiger partial charge in [0.1, 0.15) is 4.88 Å². The van der Waals surface area contributed by atoms with Crippen molar-refractivity contribution in [1.82, 2.24) is 4.90 Å². The van der Waals surface area contributed by atoms with Gasteiger partial charge in [-0.2, -0.15) is 0 Å². The van der Waals surface area contributed by atoms with E-state index in [-0.39, 0.29) is 11.8 Å². The van der Waals surface area contributed by atoms with Crippen molar-refractivity contribution in [2.45, 2.75) is 131 Å². The van der Waals surface area contributed by atoms with E-state index in [1.807, 2.05) is 45.3 Å². The van der Waals surface area contributed by atoms with Gasteiger partial charge in [-0.15, -0.1) is 68.0 Å². The maximum atomic E-state index is 14.7. The zero-order chi connectivity index (χ0) is 49.2. The summed E-state index contributed by atoms with van der Waals surface area (Å²) in [5.41, 5.74) is 5.64. The summed E-state index contributed by atoms with van der Waals surface area (Å²) in [5.74, 6) is 1.45. The van der Waals surface area contributed by atoms with Gasteiger partial charge in [-0.25, -0.2) is 0 Å². The minimum atomic E-state index is -0.120. The van der Waals surface area contributed by atoms with Crippen molar-refractivity contribution < 1.29 is 9.59 Å². The fourth-order valence-corrected chi connectivity index (χ4v) is 18.7. The molecule has 0 N–H and O–H groups in total. The average Bonchev–Trinajstić information content (AvgIpc) is 4.28. The Morgan fingerprint density at radius 3 is 1.48 bits per heavy atom. The summed E-state index contributed by atoms with van der Waals surface area (Å²) in [6.07, 6.45) is 16.5. The average molecular weight is 1050 g/mol. The molecular formula is C62H67NO2S6. The van der Waals surface area contributed by atoms with E-state index in [9.17, 15) is 9.59 Å². The summed E-state index contributed by atoms with van der Waals surface area (Å²) in [6, 6.07) is 36.2. The van der Waals surface area contributed by atoms with Gasteiger partial charge in [0.15, 0.2) is 0 Å². The number of nitrogens with zero attached hydrogens (tertiary/aromatic N) is 1. The van der Waals surface area contributed by atoms with Gasteiger partial charge in [0.2, 0.25) is 0 Å². The van der Waals surface area contributed by atoms with E-state index in [0.717, 1.165) is 63.9 Å². The first kappa shape index (κ1) is 50.3. The van der Waals surface area contributed by atoms with Crippen LogP contribution in [-0.4, -0.2) is 23.3 Å². The van der Waals surface area contributed by atoms with E-state index in [4.69, 9.17) is 0 Å². The maximum absolute atomic E-state index is 14.7.